The van der Waals surface area contributed by atoms with E-state index in [0.29, 0.717) is 5.69 Å². The van der Waals surface area contributed by atoms with Crippen molar-refractivity contribution in [1.29, 1.82) is 0 Å². The van der Waals surface area contributed by atoms with Gasteiger partial charge in [-0.25, -0.2) is 4.98 Å². The van der Waals surface area contributed by atoms with Gasteiger partial charge in [-0.3, -0.25) is 9.20 Å². The molecule has 5 heteroatoms. The highest BCUT2D eigenvalue weighted by molar-refractivity contribution is 7.15. The molecule has 0 aliphatic carbocycles. The monoisotopic (exact) mass is 167 g/mol. The van der Waals surface area contributed by atoms with Crippen molar-refractivity contribution < 1.29 is 4.79 Å². The van der Waals surface area contributed by atoms with Gasteiger partial charge in [0.15, 0.2) is 4.96 Å². The molecule has 2 heterocycles. The Morgan fingerprint density at radius 3 is 3.27 bits per heavy atom. The molecule has 0 saturated carbocycles. The first-order valence-electron chi connectivity index (χ1n) is 2.99. The fraction of sp³-hybridized carbons (Fsp3) is 0. The van der Waals surface area contributed by atoms with Gasteiger partial charge in [0.2, 0.25) is 0 Å². The molecule has 2 aromatic heterocycles. The Kier molecular flexibility index (Phi) is 1.19. The lowest BCUT2D eigenvalue weighted by Gasteiger charge is -1.88. The summed E-state index contributed by atoms with van der Waals surface area (Å²) in [5.74, 6) is -0.422. The van der Waals surface area contributed by atoms with Crippen LogP contribution in [-0.4, -0.2) is 15.3 Å². The third-order valence-electron chi connectivity index (χ3n) is 1.39. The van der Waals surface area contributed by atoms with E-state index < -0.39 is 5.91 Å². The van der Waals surface area contributed by atoms with Crippen molar-refractivity contribution in [3.63, 3.8) is 0 Å². The van der Waals surface area contributed by atoms with Gasteiger partial charge in [-0.1, -0.05) is 0 Å². The van der Waals surface area contributed by atoms with E-state index >= 15 is 0 Å². The zero-order valence-electron chi connectivity index (χ0n) is 5.52. The van der Waals surface area contributed by atoms with Crippen molar-refractivity contribution >= 4 is 22.2 Å². The number of hydrogen-bond acceptors (Lipinski definition) is 3. The highest BCUT2D eigenvalue weighted by Gasteiger charge is 2.07. The Balaban J connectivity index is 2.78. The number of thiazole rings is 1. The number of amides is 1. The van der Waals surface area contributed by atoms with Crippen LogP contribution in [0.2, 0.25) is 0 Å². The van der Waals surface area contributed by atoms with E-state index in [4.69, 9.17) is 5.73 Å². The predicted octanol–water partition coefficient (Wildman–Crippen LogP) is 0.495. The number of carbonyl (C=O) groups is 1. The molecule has 56 valence electrons. The third kappa shape index (κ3) is 0.813. The van der Waals surface area contributed by atoms with Crippen molar-refractivity contribution in [3.8, 4) is 0 Å². The largest absolute Gasteiger partial charge is 0.364 e. The van der Waals surface area contributed by atoms with Gasteiger partial charge in [-0.2, -0.15) is 0 Å². The minimum Gasteiger partial charge on any atom is -0.364 e. The first-order valence-corrected chi connectivity index (χ1v) is 3.87. The first kappa shape index (κ1) is 6.36. The molecule has 2 rings (SSSR count). The fourth-order valence-electron chi connectivity index (χ4n) is 0.902. The highest BCUT2D eigenvalue weighted by Crippen LogP contribution is 2.13. The Bertz CT molecular complexity index is 403. The Labute approximate surface area is 66.3 Å². The number of aromatic nitrogens is 2. The minimum atomic E-state index is -0.422. The summed E-state index contributed by atoms with van der Waals surface area (Å²) in [6.45, 7) is 0. The molecule has 2 N–H and O–H groups in total. The molecule has 11 heavy (non-hydrogen) atoms. The maximum absolute atomic E-state index is 10.8. The zero-order chi connectivity index (χ0) is 7.84. The van der Waals surface area contributed by atoms with Crippen molar-refractivity contribution in [2.24, 2.45) is 5.73 Å². The lowest BCUT2D eigenvalue weighted by atomic mass is 10.5. The molecule has 0 atom stereocenters. The van der Waals surface area contributed by atoms with Crippen molar-refractivity contribution in [2.45, 2.75) is 0 Å². The number of hydrogen-bond donors (Lipinski definition) is 1. The second kappa shape index (κ2) is 2.06. The lowest BCUT2D eigenvalue weighted by Crippen LogP contribution is -2.12. The second-order valence-corrected chi connectivity index (χ2v) is 2.90. The van der Waals surface area contributed by atoms with Gasteiger partial charge in [-0.15, -0.1) is 11.3 Å². The van der Waals surface area contributed by atoms with Crippen LogP contribution in [0.4, 0.5) is 0 Å². The van der Waals surface area contributed by atoms with Crippen LogP contribution in [0.25, 0.3) is 4.96 Å². The SMILES string of the molecule is NC(=O)c1csc2nccn12. The molecule has 0 unspecified atom stereocenters. The summed E-state index contributed by atoms with van der Waals surface area (Å²) in [6.07, 6.45) is 3.35. The van der Waals surface area contributed by atoms with Gasteiger partial charge in [0.05, 0.1) is 0 Å². The summed E-state index contributed by atoms with van der Waals surface area (Å²) >= 11 is 1.40. The normalized spacial score (nSPS) is 10.5. The molecule has 2 aromatic rings. The Morgan fingerprint density at radius 2 is 2.55 bits per heavy atom. The number of imidazole rings is 1. The van der Waals surface area contributed by atoms with Gasteiger partial charge in [0.1, 0.15) is 5.69 Å². The predicted molar refractivity (Wildman–Crippen MR) is 41.6 cm³/mol. The van der Waals surface area contributed by atoms with Gasteiger partial charge in [0.25, 0.3) is 5.91 Å². The summed E-state index contributed by atoms with van der Waals surface area (Å²) < 4.78 is 1.67. The van der Waals surface area contributed by atoms with E-state index in [1.165, 1.54) is 11.3 Å². The van der Waals surface area contributed by atoms with Gasteiger partial charge in [0, 0.05) is 17.8 Å². The highest BCUT2D eigenvalue weighted by atomic mass is 32.1. The maximum atomic E-state index is 10.8. The molecular formula is C6H5N3OS. The molecule has 0 aliphatic heterocycles. The van der Waals surface area contributed by atoms with E-state index in [2.05, 4.69) is 4.98 Å². The van der Waals surface area contributed by atoms with Crippen LogP contribution in [0.1, 0.15) is 10.5 Å². The van der Waals surface area contributed by atoms with Crippen molar-refractivity contribution in [3.05, 3.63) is 23.5 Å². The lowest BCUT2D eigenvalue weighted by molar-refractivity contribution is 0.0995. The Hall–Kier alpha value is -1.36. The second-order valence-electron chi connectivity index (χ2n) is 2.07. The van der Waals surface area contributed by atoms with Crippen LogP contribution >= 0.6 is 11.3 Å². The molecule has 0 bridgehead atoms. The summed E-state index contributed by atoms with van der Waals surface area (Å²) in [6, 6.07) is 0. The fourth-order valence-corrected chi connectivity index (χ4v) is 1.74. The van der Waals surface area contributed by atoms with Crippen LogP contribution in [-0.2, 0) is 0 Å². The molecular weight excluding hydrogens is 162 g/mol. The molecule has 0 spiro atoms. The molecule has 0 radical (unpaired) electrons. The van der Waals surface area contributed by atoms with Gasteiger partial charge < -0.3 is 5.73 Å². The quantitative estimate of drug-likeness (QED) is 0.672. The van der Waals surface area contributed by atoms with Crippen LogP contribution < -0.4 is 5.73 Å². The zero-order valence-corrected chi connectivity index (χ0v) is 6.34. The topological polar surface area (TPSA) is 60.4 Å². The van der Waals surface area contributed by atoms with E-state index in [-0.39, 0.29) is 0 Å². The van der Waals surface area contributed by atoms with Crippen LogP contribution in [0.15, 0.2) is 17.8 Å². The first-order chi connectivity index (χ1) is 5.29. The summed E-state index contributed by atoms with van der Waals surface area (Å²) in [5.41, 5.74) is 5.59. The van der Waals surface area contributed by atoms with Gasteiger partial charge >= 0.3 is 0 Å². The molecule has 4 nitrogen and oxygen atoms in total. The average molecular weight is 167 g/mol. The number of nitrogens with two attached hydrogens (primary N) is 1. The van der Waals surface area contributed by atoms with Crippen molar-refractivity contribution in [2.75, 3.05) is 0 Å². The van der Waals surface area contributed by atoms with Crippen LogP contribution in [0.3, 0.4) is 0 Å². The van der Waals surface area contributed by atoms with E-state index in [1.807, 2.05) is 0 Å². The molecule has 0 fully saturated rings. The third-order valence-corrected chi connectivity index (χ3v) is 2.25. The summed E-state index contributed by atoms with van der Waals surface area (Å²) in [4.78, 5) is 15.5. The number of nitrogens with zero attached hydrogens (tertiary/aromatic N) is 2. The molecule has 0 saturated heterocycles. The number of carbonyl (C=O) groups excluding carboxylic acids is 1. The Morgan fingerprint density at radius 1 is 1.73 bits per heavy atom. The number of primary amides is 1. The van der Waals surface area contributed by atoms with E-state index in [1.54, 1.807) is 22.2 Å². The van der Waals surface area contributed by atoms with E-state index in [9.17, 15) is 4.79 Å². The number of fused-ring (bicyclic) bond motifs is 1. The summed E-state index contributed by atoms with van der Waals surface area (Å²) in [5, 5.41) is 1.70. The van der Waals surface area contributed by atoms with Crippen LogP contribution in [0, 0.1) is 0 Å². The van der Waals surface area contributed by atoms with Crippen molar-refractivity contribution in [1.82, 2.24) is 9.38 Å². The average Bonchev–Trinajstić information content (AvgIpc) is 2.41. The summed E-state index contributed by atoms with van der Waals surface area (Å²) in [7, 11) is 0. The standard InChI is InChI=1S/C6H5N3OS/c7-5(10)4-3-11-6-8-1-2-9(4)6/h1-3H,(H2,7,10). The smallest absolute Gasteiger partial charge is 0.266 e. The molecule has 1 amide bonds. The van der Waals surface area contributed by atoms with Gasteiger partial charge in [-0.05, 0) is 0 Å². The van der Waals surface area contributed by atoms with Crippen LogP contribution in [0.5, 0.6) is 0 Å². The molecule has 0 aliphatic rings. The molecule has 0 aromatic carbocycles. The maximum Gasteiger partial charge on any atom is 0.266 e. The van der Waals surface area contributed by atoms with E-state index in [0.717, 1.165) is 4.96 Å². The number of rotatable bonds is 1. The minimum absolute atomic E-state index is 0.422.